The van der Waals surface area contributed by atoms with E-state index in [9.17, 15) is 13.7 Å². The Morgan fingerprint density at radius 2 is 2.07 bits per heavy atom. The molecule has 0 amide bonds. The molecule has 0 atom stereocenters. The largest absolute Gasteiger partial charge is 0.456 e. The highest BCUT2D eigenvalue weighted by Gasteiger charge is 2.19. The molecule has 0 aliphatic carbocycles. The van der Waals surface area contributed by atoms with Crippen molar-refractivity contribution in [2.45, 2.75) is 11.8 Å². The topological polar surface area (TPSA) is 109 Å². The second kappa shape index (κ2) is 7.82. The smallest absolute Gasteiger partial charge is 0.263 e. The van der Waals surface area contributed by atoms with Gasteiger partial charge in [-0.3, -0.25) is 4.72 Å². The van der Waals surface area contributed by atoms with Crippen LogP contribution < -0.4 is 9.46 Å². The molecule has 140 valence electrons. The Bertz CT molecular complexity index is 1240. The molecule has 0 saturated carbocycles. The quantitative estimate of drug-likeness (QED) is 0.595. The van der Waals surface area contributed by atoms with Crippen LogP contribution in [0, 0.1) is 24.8 Å². The Balaban J connectivity index is 1.89. The van der Waals surface area contributed by atoms with Crippen LogP contribution in [0.5, 0.6) is 11.5 Å². The van der Waals surface area contributed by atoms with Crippen LogP contribution in [0.4, 0.5) is 10.8 Å². The highest BCUT2D eigenvalue weighted by atomic mass is 35.5. The molecular weight excluding hydrogens is 422 g/mol. The fourth-order valence-electron chi connectivity index (χ4n) is 2.13. The fraction of sp³-hybridized carbons (Fsp3) is 0.0588. The lowest BCUT2D eigenvalue weighted by molar-refractivity contribution is 0.480. The molecule has 2 aromatic carbocycles. The Morgan fingerprint density at radius 3 is 2.68 bits per heavy atom. The standard InChI is InChI=1S/C17H10ClN5O3S2/c1-10-21-22-17(27-10)23-28(24,25)13-4-6-16(11(7-13)9-19)26-12-3-5-15(20-2)14(18)8-12/h3-8H,1H3,(H,22,23). The maximum absolute atomic E-state index is 12.5. The third-order valence-electron chi connectivity index (χ3n) is 3.40. The van der Waals surface area contributed by atoms with Crippen LogP contribution in [0.3, 0.4) is 0 Å². The summed E-state index contributed by atoms with van der Waals surface area (Å²) in [7, 11) is -3.94. The molecule has 1 N–H and O–H groups in total. The van der Waals surface area contributed by atoms with Crippen molar-refractivity contribution in [2.24, 2.45) is 0 Å². The number of benzene rings is 2. The van der Waals surface area contributed by atoms with Gasteiger partial charge in [-0.15, -0.1) is 10.2 Å². The van der Waals surface area contributed by atoms with Gasteiger partial charge in [-0.1, -0.05) is 29.0 Å². The third kappa shape index (κ3) is 4.21. The van der Waals surface area contributed by atoms with Gasteiger partial charge in [-0.05, 0) is 37.3 Å². The van der Waals surface area contributed by atoms with Gasteiger partial charge in [0.25, 0.3) is 10.0 Å². The average Bonchev–Trinajstić information content (AvgIpc) is 3.06. The Morgan fingerprint density at radius 1 is 1.29 bits per heavy atom. The number of anilines is 1. The molecule has 28 heavy (non-hydrogen) atoms. The Hall–Kier alpha value is -3.18. The van der Waals surface area contributed by atoms with E-state index in [1.807, 2.05) is 6.07 Å². The van der Waals surface area contributed by atoms with Gasteiger partial charge in [0.2, 0.25) is 10.8 Å². The van der Waals surface area contributed by atoms with Gasteiger partial charge >= 0.3 is 0 Å². The summed E-state index contributed by atoms with van der Waals surface area (Å²) in [6.45, 7) is 8.69. The molecule has 1 aromatic heterocycles. The first-order valence-corrected chi connectivity index (χ1v) is 10.2. The number of aryl methyl sites for hydroxylation is 1. The molecule has 0 radical (unpaired) electrons. The number of nitrogens with zero attached hydrogens (tertiary/aromatic N) is 4. The predicted octanol–water partition coefficient (Wildman–Crippen LogP) is 4.52. The van der Waals surface area contributed by atoms with Crippen molar-refractivity contribution >= 4 is 43.8 Å². The van der Waals surface area contributed by atoms with E-state index < -0.39 is 10.0 Å². The van der Waals surface area contributed by atoms with E-state index in [1.54, 1.807) is 6.92 Å². The number of nitrogens with one attached hydrogen (secondary N) is 1. The van der Waals surface area contributed by atoms with Crippen molar-refractivity contribution in [3.05, 3.63) is 63.4 Å². The molecule has 8 nitrogen and oxygen atoms in total. The average molecular weight is 432 g/mol. The number of hydrogen-bond donors (Lipinski definition) is 1. The van der Waals surface area contributed by atoms with E-state index in [-0.39, 0.29) is 32.1 Å². The van der Waals surface area contributed by atoms with Crippen molar-refractivity contribution in [1.29, 1.82) is 5.26 Å². The lowest BCUT2D eigenvalue weighted by atomic mass is 10.2. The highest BCUT2D eigenvalue weighted by molar-refractivity contribution is 7.93. The van der Waals surface area contributed by atoms with Crippen LogP contribution >= 0.6 is 22.9 Å². The van der Waals surface area contributed by atoms with Crippen LogP contribution in [0.1, 0.15) is 10.6 Å². The van der Waals surface area contributed by atoms with Gasteiger partial charge < -0.3 is 4.74 Å². The van der Waals surface area contributed by atoms with Crippen LogP contribution in [-0.4, -0.2) is 18.6 Å². The number of aromatic nitrogens is 2. The van der Waals surface area contributed by atoms with E-state index in [1.165, 1.54) is 36.4 Å². The van der Waals surface area contributed by atoms with Crippen LogP contribution in [-0.2, 0) is 10.0 Å². The van der Waals surface area contributed by atoms with Crippen LogP contribution in [0.25, 0.3) is 4.85 Å². The first kappa shape index (κ1) is 19.6. The van der Waals surface area contributed by atoms with Crippen molar-refractivity contribution in [2.75, 3.05) is 4.72 Å². The number of sulfonamides is 1. The Kier molecular flexibility index (Phi) is 5.47. The minimum atomic E-state index is -3.94. The molecule has 0 unspecified atom stereocenters. The number of hydrogen-bond acceptors (Lipinski definition) is 7. The van der Waals surface area contributed by atoms with Gasteiger partial charge in [0.1, 0.15) is 22.6 Å². The third-order valence-corrected chi connectivity index (χ3v) is 5.92. The summed E-state index contributed by atoms with van der Waals surface area (Å²) in [5.41, 5.74) is 0.288. The van der Waals surface area contributed by atoms with Gasteiger partial charge in [-0.2, -0.15) is 5.26 Å². The molecule has 0 aliphatic rings. The number of halogens is 1. The van der Waals surface area contributed by atoms with E-state index in [4.69, 9.17) is 22.9 Å². The van der Waals surface area contributed by atoms with Crippen molar-refractivity contribution in [3.63, 3.8) is 0 Å². The summed E-state index contributed by atoms with van der Waals surface area (Å²) < 4.78 is 32.9. The first-order chi connectivity index (χ1) is 13.3. The highest BCUT2D eigenvalue weighted by Crippen LogP contribution is 2.33. The van der Waals surface area contributed by atoms with Gasteiger partial charge in [0.15, 0.2) is 0 Å². The summed E-state index contributed by atoms with van der Waals surface area (Å²) in [5, 5.41) is 17.8. The summed E-state index contributed by atoms with van der Waals surface area (Å²) >= 11 is 7.07. The SMILES string of the molecule is [C-]#[N+]c1ccc(Oc2ccc(S(=O)(=O)Nc3nnc(C)s3)cc2C#N)cc1Cl. The molecule has 0 aliphatic heterocycles. The minimum absolute atomic E-state index is 0.0155. The fourth-order valence-corrected chi connectivity index (χ4v) is 4.19. The van der Waals surface area contributed by atoms with Gasteiger partial charge in [0.05, 0.1) is 22.1 Å². The van der Waals surface area contributed by atoms with Crippen LogP contribution in [0.15, 0.2) is 41.3 Å². The molecular formula is C17H10ClN5O3S2. The first-order valence-electron chi connectivity index (χ1n) is 7.54. The van der Waals surface area contributed by atoms with Crippen molar-refractivity contribution in [3.8, 4) is 17.6 Å². The zero-order valence-corrected chi connectivity index (χ0v) is 16.6. The van der Waals surface area contributed by atoms with E-state index in [0.717, 1.165) is 11.3 Å². The summed E-state index contributed by atoms with van der Waals surface area (Å²) in [4.78, 5) is 3.13. The summed E-state index contributed by atoms with van der Waals surface area (Å²) in [5.74, 6) is 0.465. The van der Waals surface area contributed by atoms with Gasteiger partial charge in [0, 0.05) is 0 Å². The van der Waals surface area contributed by atoms with Crippen LogP contribution in [0.2, 0.25) is 5.02 Å². The van der Waals surface area contributed by atoms with E-state index >= 15 is 0 Å². The second-order valence-corrected chi connectivity index (χ2v) is 8.60. The molecule has 3 aromatic rings. The monoisotopic (exact) mass is 431 g/mol. The summed E-state index contributed by atoms with van der Waals surface area (Å²) in [6, 6.07) is 10.2. The zero-order valence-electron chi connectivity index (χ0n) is 14.2. The Labute approximate surface area is 169 Å². The number of rotatable bonds is 5. The van der Waals surface area contributed by atoms with Crippen molar-refractivity contribution in [1.82, 2.24) is 10.2 Å². The zero-order chi connectivity index (χ0) is 20.3. The predicted molar refractivity (Wildman–Crippen MR) is 104 cm³/mol. The van der Waals surface area contributed by atoms with Crippen molar-refractivity contribution < 1.29 is 13.2 Å². The maximum Gasteiger partial charge on any atom is 0.263 e. The molecule has 11 heteroatoms. The number of nitriles is 1. The van der Waals surface area contributed by atoms with E-state index in [2.05, 4.69) is 19.8 Å². The lowest BCUT2D eigenvalue weighted by Gasteiger charge is -2.10. The lowest BCUT2D eigenvalue weighted by Crippen LogP contribution is -2.13. The second-order valence-electron chi connectivity index (χ2n) is 5.33. The summed E-state index contributed by atoms with van der Waals surface area (Å²) in [6.07, 6.45) is 0. The minimum Gasteiger partial charge on any atom is -0.456 e. The molecule has 0 fully saturated rings. The molecule has 3 rings (SSSR count). The van der Waals surface area contributed by atoms with E-state index in [0.29, 0.717) is 10.8 Å². The molecule has 1 heterocycles. The normalized spacial score (nSPS) is 10.7. The molecule has 0 saturated heterocycles. The number of ether oxygens (including phenoxy) is 1. The maximum atomic E-state index is 12.5. The molecule has 0 bridgehead atoms. The molecule has 0 spiro atoms. The van der Waals surface area contributed by atoms with Gasteiger partial charge in [-0.25, -0.2) is 13.3 Å².